The summed E-state index contributed by atoms with van der Waals surface area (Å²) in [6.07, 6.45) is -4.78. The summed E-state index contributed by atoms with van der Waals surface area (Å²) < 4.78 is 35.8. The van der Waals surface area contributed by atoms with Crippen LogP contribution in [0.2, 0.25) is 0 Å². The highest BCUT2D eigenvalue weighted by Crippen LogP contribution is 2.30. The SMILES string of the molecule is CCC(CC)(CN)C(=O)CCC(F)(F)F. The molecule has 2 nitrogen and oxygen atoms in total. The van der Waals surface area contributed by atoms with Gasteiger partial charge >= 0.3 is 6.18 Å². The second-order valence-electron chi connectivity index (χ2n) is 3.73. The van der Waals surface area contributed by atoms with Crippen molar-refractivity contribution in [2.45, 2.75) is 45.7 Å². The van der Waals surface area contributed by atoms with Gasteiger partial charge in [0.05, 0.1) is 6.42 Å². The van der Waals surface area contributed by atoms with Crippen LogP contribution in [0.25, 0.3) is 0 Å². The summed E-state index contributed by atoms with van der Waals surface area (Å²) >= 11 is 0. The van der Waals surface area contributed by atoms with Crippen molar-refractivity contribution in [2.24, 2.45) is 11.1 Å². The number of ketones is 1. The minimum Gasteiger partial charge on any atom is -0.329 e. The fourth-order valence-corrected chi connectivity index (χ4v) is 1.57. The molecule has 90 valence electrons. The van der Waals surface area contributed by atoms with E-state index >= 15 is 0 Å². The van der Waals surface area contributed by atoms with Crippen molar-refractivity contribution in [2.75, 3.05) is 6.54 Å². The van der Waals surface area contributed by atoms with E-state index in [-0.39, 0.29) is 12.3 Å². The Labute approximate surface area is 88.0 Å². The smallest absolute Gasteiger partial charge is 0.329 e. The summed E-state index contributed by atoms with van der Waals surface area (Å²) in [4.78, 5) is 11.6. The lowest BCUT2D eigenvalue weighted by atomic mass is 9.77. The maximum atomic E-state index is 11.9. The van der Waals surface area contributed by atoms with Crippen LogP contribution in [0.15, 0.2) is 0 Å². The van der Waals surface area contributed by atoms with Gasteiger partial charge in [-0.1, -0.05) is 13.8 Å². The summed E-state index contributed by atoms with van der Waals surface area (Å²) in [6.45, 7) is 3.68. The number of carbonyl (C=O) groups is 1. The lowest BCUT2D eigenvalue weighted by Gasteiger charge is -2.28. The molecule has 0 saturated carbocycles. The molecular weight excluding hydrogens is 207 g/mol. The quantitative estimate of drug-likeness (QED) is 0.755. The molecule has 0 radical (unpaired) electrons. The Morgan fingerprint density at radius 3 is 1.93 bits per heavy atom. The van der Waals surface area contributed by atoms with Gasteiger partial charge in [-0.05, 0) is 12.8 Å². The number of nitrogens with two attached hydrogens (primary N) is 1. The van der Waals surface area contributed by atoms with Gasteiger partial charge in [-0.3, -0.25) is 4.79 Å². The Bertz CT molecular complexity index is 201. The molecule has 0 spiro atoms. The lowest BCUT2D eigenvalue weighted by molar-refractivity contribution is -0.147. The van der Waals surface area contributed by atoms with E-state index in [1.54, 1.807) is 13.8 Å². The van der Waals surface area contributed by atoms with Crippen LogP contribution in [0.4, 0.5) is 13.2 Å². The number of halogens is 3. The van der Waals surface area contributed by atoms with Gasteiger partial charge in [0, 0.05) is 18.4 Å². The van der Waals surface area contributed by atoms with Gasteiger partial charge in [0.2, 0.25) is 0 Å². The van der Waals surface area contributed by atoms with E-state index in [1.165, 1.54) is 0 Å². The molecule has 0 fully saturated rings. The molecule has 0 aromatic rings. The third-order valence-electron chi connectivity index (χ3n) is 2.97. The Morgan fingerprint density at radius 1 is 1.20 bits per heavy atom. The lowest BCUT2D eigenvalue weighted by Crippen LogP contribution is -2.38. The molecule has 0 saturated heterocycles. The maximum absolute atomic E-state index is 11.9. The van der Waals surface area contributed by atoms with Crippen LogP contribution in [0, 0.1) is 5.41 Å². The molecule has 0 unspecified atom stereocenters. The van der Waals surface area contributed by atoms with Crippen LogP contribution in [-0.4, -0.2) is 18.5 Å². The monoisotopic (exact) mass is 225 g/mol. The normalized spacial score (nSPS) is 12.9. The van der Waals surface area contributed by atoms with E-state index in [0.29, 0.717) is 12.8 Å². The Kier molecular flexibility index (Phi) is 5.28. The van der Waals surface area contributed by atoms with Crippen LogP contribution in [0.3, 0.4) is 0 Å². The number of alkyl halides is 3. The number of hydrogen-bond donors (Lipinski definition) is 1. The topological polar surface area (TPSA) is 43.1 Å². The Morgan fingerprint density at radius 2 is 1.67 bits per heavy atom. The number of hydrogen-bond acceptors (Lipinski definition) is 2. The highest BCUT2D eigenvalue weighted by Gasteiger charge is 2.36. The Hall–Kier alpha value is -0.580. The highest BCUT2D eigenvalue weighted by molar-refractivity contribution is 5.85. The van der Waals surface area contributed by atoms with Gasteiger partial charge in [-0.15, -0.1) is 0 Å². The maximum Gasteiger partial charge on any atom is 0.389 e. The van der Waals surface area contributed by atoms with Crippen molar-refractivity contribution in [3.05, 3.63) is 0 Å². The van der Waals surface area contributed by atoms with Crippen LogP contribution in [0.1, 0.15) is 39.5 Å². The van der Waals surface area contributed by atoms with E-state index < -0.39 is 24.4 Å². The van der Waals surface area contributed by atoms with Gasteiger partial charge in [-0.25, -0.2) is 0 Å². The molecule has 15 heavy (non-hydrogen) atoms. The van der Waals surface area contributed by atoms with E-state index in [4.69, 9.17) is 5.73 Å². The molecule has 0 aromatic heterocycles. The fourth-order valence-electron chi connectivity index (χ4n) is 1.57. The van der Waals surface area contributed by atoms with Gasteiger partial charge < -0.3 is 5.73 Å². The first-order chi connectivity index (χ1) is 6.81. The fraction of sp³-hybridized carbons (Fsp3) is 0.900. The van der Waals surface area contributed by atoms with Crippen molar-refractivity contribution in [3.8, 4) is 0 Å². The molecule has 0 aromatic carbocycles. The first-order valence-electron chi connectivity index (χ1n) is 5.11. The Balaban J connectivity index is 4.40. The third-order valence-corrected chi connectivity index (χ3v) is 2.97. The first-order valence-corrected chi connectivity index (χ1v) is 5.11. The number of carbonyl (C=O) groups excluding carboxylic acids is 1. The molecule has 2 N–H and O–H groups in total. The molecule has 0 aliphatic heterocycles. The standard InChI is InChI=1S/C10H18F3NO/c1-3-9(4-2,7-14)8(15)5-6-10(11,12)13/h3-7,14H2,1-2H3. The van der Waals surface area contributed by atoms with Crippen LogP contribution >= 0.6 is 0 Å². The minimum atomic E-state index is -4.27. The van der Waals surface area contributed by atoms with E-state index in [2.05, 4.69) is 0 Å². The number of Topliss-reactive ketones (excluding diaryl/α,β-unsaturated/α-hetero) is 1. The summed E-state index contributed by atoms with van der Waals surface area (Å²) in [5.74, 6) is -0.368. The van der Waals surface area contributed by atoms with Gasteiger partial charge in [0.1, 0.15) is 5.78 Å². The minimum absolute atomic E-state index is 0.122. The van der Waals surface area contributed by atoms with Crippen molar-refractivity contribution < 1.29 is 18.0 Å². The van der Waals surface area contributed by atoms with E-state index in [0.717, 1.165) is 0 Å². The molecule has 0 amide bonds. The third kappa shape index (κ3) is 4.20. The van der Waals surface area contributed by atoms with Gasteiger partial charge in [-0.2, -0.15) is 13.2 Å². The predicted octanol–water partition coefficient (Wildman–Crippen LogP) is 2.66. The van der Waals surface area contributed by atoms with Gasteiger partial charge in [0.25, 0.3) is 0 Å². The van der Waals surface area contributed by atoms with Crippen LogP contribution in [0.5, 0.6) is 0 Å². The molecule has 0 rings (SSSR count). The number of rotatable bonds is 6. The zero-order valence-electron chi connectivity index (χ0n) is 9.16. The average molecular weight is 225 g/mol. The second kappa shape index (κ2) is 5.49. The highest BCUT2D eigenvalue weighted by atomic mass is 19.4. The summed E-state index contributed by atoms with van der Waals surface area (Å²) in [5.41, 5.74) is 4.71. The van der Waals surface area contributed by atoms with Crippen molar-refractivity contribution in [3.63, 3.8) is 0 Å². The largest absolute Gasteiger partial charge is 0.389 e. The molecule has 0 aliphatic carbocycles. The summed E-state index contributed by atoms with van der Waals surface area (Å²) in [7, 11) is 0. The molecule has 0 bridgehead atoms. The average Bonchev–Trinajstić information content (AvgIpc) is 2.17. The zero-order chi connectivity index (χ0) is 12.1. The molecule has 0 heterocycles. The van der Waals surface area contributed by atoms with E-state index in [9.17, 15) is 18.0 Å². The molecule has 0 atom stereocenters. The van der Waals surface area contributed by atoms with Gasteiger partial charge in [0.15, 0.2) is 0 Å². The van der Waals surface area contributed by atoms with Crippen LogP contribution in [-0.2, 0) is 4.79 Å². The van der Waals surface area contributed by atoms with Crippen molar-refractivity contribution in [1.82, 2.24) is 0 Å². The summed E-state index contributed by atoms with van der Waals surface area (Å²) in [5, 5.41) is 0. The van der Waals surface area contributed by atoms with Crippen LogP contribution < -0.4 is 5.73 Å². The molecular formula is C10H18F3NO. The van der Waals surface area contributed by atoms with Crippen molar-refractivity contribution >= 4 is 5.78 Å². The van der Waals surface area contributed by atoms with E-state index in [1.807, 2.05) is 0 Å². The zero-order valence-corrected chi connectivity index (χ0v) is 9.16. The molecule has 0 aliphatic rings. The molecule has 5 heteroatoms. The van der Waals surface area contributed by atoms with Crippen molar-refractivity contribution in [1.29, 1.82) is 0 Å². The first kappa shape index (κ1) is 14.4. The summed E-state index contributed by atoms with van der Waals surface area (Å²) in [6, 6.07) is 0. The predicted molar refractivity (Wildman–Crippen MR) is 52.4 cm³/mol. The second-order valence-corrected chi connectivity index (χ2v) is 3.73.